The summed E-state index contributed by atoms with van der Waals surface area (Å²) in [6, 6.07) is 1.20. The molecule has 1 aromatic rings. The van der Waals surface area contributed by atoms with Crippen molar-refractivity contribution in [3.63, 3.8) is 0 Å². The van der Waals surface area contributed by atoms with E-state index in [1.165, 1.54) is 0 Å². The van der Waals surface area contributed by atoms with Gasteiger partial charge in [-0.15, -0.1) is 5.16 Å². The van der Waals surface area contributed by atoms with Crippen molar-refractivity contribution in [2.24, 2.45) is 5.16 Å². The van der Waals surface area contributed by atoms with Gasteiger partial charge >= 0.3 is 12.4 Å². The number of hydrogen-bond donors (Lipinski definition) is 1. The maximum absolute atomic E-state index is 12.4. The first-order valence-electron chi connectivity index (χ1n) is 4.59. The number of oxime groups is 1. The van der Waals surface area contributed by atoms with E-state index in [1.54, 1.807) is 0 Å². The summed E-state index contributed by atoms with van der Waals surface area (Å²) in [5.74, 6) is 0. The first kappa shape index (κ1) is 14.3. The topological polar surface area (TPSA) is 32.6 Å². The molecule has 0 amide bonds. The number of rotatable bonds is 2. The fourth-order valence-corrected chi connectivity index (χ4v) is 1.28. The van der Waals surface area contributed by atoms with Gasteiger partial charge in [0, 0.05) is 12.6 Å². The van der Waals surface area contributed by atoms with Crippen molar-refractivity contribution in [3.8, 4) is 0 Å². The molecule has 0 radical (unpaired) electrons. The minimum atomic E-state index is -4.87. The third-order valence-corrected chi connectivity index (χ3v) is 2.06. The Kier molecular flexibility index (Phi) is 3.88. The second-order valence-corrected chi connectivity index (χ2v) is 3.42. The Labute approximate surface area is 97.5 Å². The highest BCUT2D eigenvalue weighted by molar-refractivity contribution is 5.61. The minimum Gasteiger partial charge on any atom is -0.411 e. The molecule has 0 aliphatic rings. The smallest absolute Gasteiger partial charge is 0.411 e. The average molecular weight is 271 g/mol. The predicted octanol–water partition coefficient (Wildman–Crippen LogP) is 3.73. The van der Waals surface area contributed by atoms with Gasteiger partial charge in [-0.2, -0.15) is 26.3 Å². The Morgan fingerprint density at radius 1 is 0.944 bits per heavy atom. The summed E-state index contributed by atoms with van der Waals surface area (Å²) in [5.41, 5.74) is -3.02. The van der Waals surface area contributed by atoms with E-state index in [9.17, 15) is 26.3 Å². The third-order valence-electron chi connectivity index (χ3n) is 2.06. The first-order chi connectivity index (χ1) is 8.14. The molecule has 0 aliphatic heterocycles. The molecule has 8 heteroatoms. The Bertz CT molecular complexity index is 416. The lowest BCUT2D eigenvalue weighted by Gasteiger charge is -2.13. The molecule has 0 heterocycles. The SMILES string of the molecule is ON=CCc1cc(C(F)(F)F)cc(C(F)(F)F)c1. The molecule has 1 rings (SSSR count). The van der Waals surface area contributed by atoms with Gasteiger partial charge in [0.25, 0.3) is 0 Å². The summed E-state index contributed by atoms with van der Waals surface area (Å²) >= 11 is 0. The van der Waals surface area contributed by atoms with Crippen LogP contribution in [0.25, 0.3) is 0 Å². The molecule has 0 aliphatic carbocycles. The van der Waals surface area contributed by atoms with Crippen LogP contribution in [0.3, 0.4) is 0 Å². The van der Waals surface area contributed by atoms with Crippen molar-refractivity contribution in [3.05, 3.63) is 34.9 Å². The number of nitrogens with zero attached hydrogens (tertiary/aromatic N) is 1. The van der Waals surface area contributed by atoms with E-state index < -0.39 is 23.5 Å². The van der Waals surface area contributed by atoms with E-state index in [-0.39, 0.29) is 18.1 Å². The van der Waals surface area contributed by atoms with Gasteiger partial charge in [0.15, 0.2) is 0 Å². The van der Waals surface area contributed by atoms with Crippen LogP contribution in [0.4, 0.5) is 26.3 Å². The zero-order chi connectivity index (χ0) is 14.0. The molecule has 0 fully saturated rings. The molecule has 0 saturated heterocycles. The first-order valence-corrected chi connectivity index (χ1v) is 4.59. The number of hydrogen-bond acceptors (Lipinski definition) is 2. The van der Waals surface area contributed by atoms with Crippen molar-refractivity contribution in [2.45, 2.75) is 18.8 Å². The molecule has 0 saturated carbocycles. The Morgan fingerprint density at radius 3 is 1.72 bits per heavy atom. The number of benzene rings is 1. The van der Waals surface area contributed by atoms with Gasteiger partial charge in [-0.1, -0.05) is 0 Å². The van der Waals surface area contributed by atoms with Crippen LogP contribution in [-0.2, 0) is 18.8 Å². The highest BCUT2D eigenvalue weighted by Gasteiger charge is 2.36. The molecular formula is C10H7F6NO. The maximum Gasteiger partial charge on any atom is 0.416 e. The lowest BCUT2D eigenvalue weighted by molar-refractivity contribution is -0.143. The van der Waals surface area contributed by atoms with E-state index in [1.807, 2.05) is 0 Å². The van der Waals surface area contributed by atoms with Crippen molar-refractivity contribution >= 4 is 6.21 Å². The van der Waals surface area contributed by atoms with Gasteiger partial charge < -0.3 is 5.21 Å². The highest BCUT2D eigenvalue weighted by atomic mass is 19.4. The quantitative estimate of drug-likeness (QED) is 0.378. The van der Waals surface area contributed by atoms with Crippen LogP contribution in [0.5, 0.6) is 0 Å². The summed E-state index contributed by atoms with van der Waals surface area (Å²) in [6.45, 7) is 0. The van der Waals surface area contributed by atoms with Crippen LogP contribution in [0.15, 0.2) is 23.4 Å². The van der Waals surface area contributed by atoms with Crippen LogP contribution >= 0.6 is 0 Å². The highest BCUT2D eigenvalue weighted by Crippen LogP contribution is 2.36. The van der Waals surface area contributed by atoms with Crippen molar-refractivity contribution in [1.29, 1.82) is 0 Å². The van der Waals surface area contributed by atoms with Gasteiger partial charge in [0.1, 0.15) is 0 Å². The molecule has 2 nitrogen and oxygen atoms in total. The molecular weight excluding hydrogens is 264 g/mol. The fourth-order valence-electron chi connectivity index (χ4n) is 1.28. The lowest BCUT2D eigenvalue weighted by atomic mass is 10.0. The Morgan fingerprint density at radius 2 is 1.39 bits per heavy atom. The Balaban J connectivity index is 3.29. The summed E-state index contributed by atoms with van der Waals surface area (Å²) in [4.78, 5) is 0. The van der Waals surface area contributed by atoms with Crippen molar-refractivity contribution in [1.82, 2.24) is 0 Å². The van der Waals surface area contributed by atoms with Crippen molar-refractivity contribution in [2.75, 3.05) is 0 Å². The Hall–Kier alpha value is -1.73. The van der Waals surface area contributed by atoms with Gasteiger partial charge in [-0.25, -0.2) is 0 Å². The second-order valence-electron chi connectivity index (χ2n) is 3.42. The minimum absolute atomic E-state index is 0.0413. The zero-order valence-corrected chi connectivity index (χ0v) is 8.68. The average Bonchev–Trinajstić information content (AvgIpc) is 2.23. The van der Waals surface area contributed by atoms with E-state index >= 15 is 0 Å². The summed E-state index contributed by atoms with van der Waals surface area (Å²) < 4.78 is 74.4. The molecule has 100 valence electrons. The summed E-state index contributed by atoms with van der Waals surface area (Å²) in [5, 5.41) is 10.6. The van der Waals surface area contributed by atoms with Gasteiger partial charge in [0.05, 0.1) is 11.1 Å². The second kappa shape index (κ2) is 4.87. The van der Waals surface area contributed by atoms with E-state index in [2.05, 4.69) is 5.16 Å². The predicted molar refractivity (Wildman–Crippen MR) is 50.4 cm³/mol. The standard InChI is InChI=1S/C10H7F6NO/c11-9(12,13)7-3-6(1-2-17-18)4-8(5-7)10(14,15)16/h2-5,18H,1H2. The normalized spacial score (nSPS) is 13.2. The lowest BCUT2D eigenvalue weighted by Crippen LogP contribution is -2.11. The zero-order valence-electron chi connectivity index (χ0n) is 8.68. The third kappa shape index (κ3) is 3.64. The summed E-state index contributed by atoms with van der Waals surface area (Å²) in [7, 11) is 0. The van der Waals surface area contributed by atoms with E-state index in [0.29, 0.717) is 12.1 Å². The van der Waals surface area contributed by atoms with Crippen LogP contribution in [0.1, 0.15) is 16.7 Å². The van der Waals surface area contributed by atoms with Crippen LogP contribution in [-0.4, -0.2) is 11.4 Å². The van der Waals surface area contributed by atoms with Gasteiger partial charge in [0.2, 0.25) is 0 Å². The van der Waals surface area contributed by atoms with Crippen LogP contribution < -0.4 is 0 Å². The van der Waals surface area contributed by atoms with Gasteiger partial charge in [-0.3, -0.25) is 0 Å². The number of alkyl halides is 6. The van der Waals surface area contributed by atoms with Crippen LogP contribution in [0.2, 0.25) is 0 Å². The largest absolute Gasteiger partial charge is 0.416 e. The fraction of sp³-hybridized carbons (Fsp3) is 0.300. The van der Waals surface area contributed by atoms with E-state index in [4.69, 9.17) is 5.21 Å². The monoisotopic (exact) mass is 271 g/mol. The molecule has 0 bridgehead atoms. The van der Waals surface area contributed by atoms with Crippen molar-refractivity contribution < 1.29 is 31.5 Å². The summed E-state index contributed by atoms with van der Waals surface area (Å²) in [6.07, 6.45) is -9.27. The maximum atomic E-state index is 12.4. The number of halogens is 6. The molecule has 1 aromatic carbocycles. The molecule has 18 heavy (non-hydrogen) atoms. The van der Waals surface area contributed by atoms with Gasteiger partial charge in [-0.05, 0) is 23.8 Å². The molecule has 0 atom stereocenters. The molecule has 0 spiro atoms. The van der Waals surface area contributed by atoms with E-state index in [0.717, 1.165) is 6.21 Å². The van der Waals surface area contributed by atoms with Crippen LogP contribution in [0, 0.1) is 0 Å². The molecule has 0 aromatic heterocycles. The molecule has 1 N–H and O–H groups in total. The molecule has 0 unspecified atom stereocenters.